The van der Waals surface area contributed by atoms with E-state index in [9.17, 15) is 18.0 Å². The van der Waals surface area contributed by atoms with Gasteiger partial charge in [0, 0.05) is 0 Å². The number of nitrogens with one attached hydrogen (secondary N) is 1. The minimum absolute atomic E-state index is 0.339. The molecule has 0 rings (SSSR count). The van der Waals surface area contributed by atoms with Crippen molar-refractivity contribution in [2.75, 3.05) is 13.2 Å². The van der Waals surface area contributed by atoms with Gasteiger partial charge in [0.1, 0.15) is 6.61 Å². The quantitative estimate of drug-likeness (QED) is 0.769. The Balaban J connectivity index is 3.83. The van der Waals surface area contributed by atoms with E-state index in [4.69, 9.17) is 9.84 Å². The lowest BCUT2D eigenvalue weighted by Gasteiger charge is -2.20. The van der Waals surface area contributed by atoms with Crippen LogP contribution in [0.1, 0.15) is 20.8 Å². The molecule has 7 heteroatoms. The summed E-state index contributed by atoms with van der Waals surface area (Å²) in [5.74, 6) is -0.696. The topological polar surface area (TPSA) is 58.6 Å². The summed E-state index contributed by atoms with van der Waals surface area (Å²) in [6.45, 7) is 3.93. The molecule has 0 aliphatic heterocycles. The van der Waals surface area contributed by atoms with Gasteiger partial charge in [-0.05, 0) is 20.8 Å². The Morgan fingerprint density at radius 2 is 1.88 bits per heavy atom. The number of carbonyl (C=O) groups excluding carboxylic acids is 1. The number of hydrogen-bond donors (Lipinski definition) is 2. The summed E-state index contributed by atoms with van der Waals surface area (Å²) in [4.78, 5) is 11.0. The van der Waals surface area contributed by atoms with Crippen LogP contribution in [0.4, 0.5) is 13.2 Å². The molecule has 0 fully saturated rings. The molecule has 0 aromatic carbocycles. The monoisotopic (exact) mass is 243 g/mol. The highest BCUT2D eigenvalue weighted by molar-refractivity contribution is 5.77. The van der Waals surface area contributed by atoms with Crippen molar-refractivity contribution in [3.8, 4) is 0 Å². The van der Waals surface area contributed by atoms with E-state index in [1.54, 1.807) is 20.8 Å². The Morgan fingerprint density at radius 1 is 1.38 bits per heavy atom. The van der Waals surface area contributed by atoms with E-state index >= 15 is 0 Å². The zero-order valence-corrected chi connectivity index (χ0v) is 9.39. The molecular weight excluding hydrogens is 227 g/mol. The highest BCUT2D eigenvalue weighted by atomic mass is 19.4. The summed E-state index contributed by atoms with van der Waals surface area (Å²) in [5, 5.41) is 10.5. The number of ether oxygens (including phenoxy) is 1. The van der Waals surface area contributed by atoms with Crippen molar-refractivity contribution in [2.45, 2.75) is 38.7 Å². The fraction of sp³-hybridized carbons (Fsp3) is 0.889. The first kappa shape index (κ1) is 15.2. The number of halogens is 3. The molecule has 0 aliphatic rings. The number of aliphatic hydroxyl groups is 1. The van der Waals surface area contributed by atoms with Crippen molar-refractivity contribution in [2.24, 2.45) is 0 Å². The minimum atomic E-state index is -4.72. The summed E-state index contributed by atoms with van der Waals surface area (Å²) < 4.78 is 40.6. The van der Waals surface area contributed by atoms with Crippen LogP contribution in [0.2, 0.25) is 0 Å². The standard InChI is InChI=1S/C9H16F3NO3/c1-8(2,3)16-5-7(15)13-4-6(14)9(10,11)12/h6,14H,4-5H2,1-3H3,(H,13,15). The molecule has 1 amide bonds. The number of amides is 1. The number of aliphatic hydroxyl groups excluding tert-OH is 1. The molecule has 0 bridgehead atoms. The second-order valence-corrected chi connectivity index (χ2v) is 4.26. The van der Waals surface area contributed by atoms with E-state index in [0.29, 0.717) is 0 Å². The van der Waals surface area contributed by atoms with E-state index in [0.717, 1.165) is 0 Å². The molecule has 1 unspecified atom stereocenters. The van der Waals surface area contributed by atoms with E-state index in [1.165, 1.54) is 0 Å². The maximum atomic E-state index is 11.8. The Morgan fingerprint density at radius 3 is 2.25 bits per heavy atom. The van der Waals surface area contributed by atoms with Gasteiger partial charge in [0.15, 0.2) is 6.10 Å². The normalized spacial score (nSPS) is 14.7. The van der Waals surface area contributed by atoms with Crippen LogP contribution in [0, 0.1) is 0 Å². The minimum Gasteiger partial charge on any atom is -0.382 e. The lowest BCUT2D eigenvalue weighted by Crippen LogP contribution is -2.42. The van der Waals surface area contributed by atoms with Gasteiger partial charge in [0.25, 0.3) is 0 Å². The van der Waals surface area contributed by atoms with Gasteiger partial charge in [-0.1, -0.05) is 0 Å². The van der Waals surface area contributed by atoms with Crippen molar-refractivity contribution in [3.63, 3.8) is 0 Å². The van der Waals surface area contributed by atoms with Crippen LogP contribution < -0.4 is 5.32 Å². The molecule has 0 radical (unpaired) electrons. The molecule has 0 spiro atoms. The summed E-state index contributed by atoms with van der Waals surface area (Å²) in [6.07, 6.45) is -7.27. The number of alkyl halides is 3. The summed E-state index contributed by atoms with van der Waals surface area (Å²) in [7, 11) is 0. The van der Waals surface area contributed by atoms with Gasteiger partial charge < -0.3 is 15.2 Å². The Kier molecular flexibility index (Phi) is 5.21. The first-order chi connectivity index (χ1) is 7.02. The first-order valence-electron chi connectivity index (χ1n) is 4.68. The van der Waals surface area contributed by atoms with Crippen molar-refractivity contribution < 1.29 is 27.8 Å². The lowest BCUT2D eigenvalue weighted by atomic mass is 10.2. The smallest absolute Gasteiger partial charge is 0.382 e. The SMILES string of the molecule is CC(C)(C)OCC(=O)NCC(O)C(F)(F)F. The zero-order valence-electron chi connectivity index (χ0n) is 9.39. The lowest BCUT2D eigenvalue weighted by molar-refractivity contribution is -0.202. The number of carbonyl (C=O) groups is 1. The second-order valence-electron chi connectivity index (χ2n) is 4.26. The van der Waals surface area contributed by atoms with Gasteiger partial charge in [0.05, 0.1) is 12.1 Å². The van der Waals surface area contributed by atoms with Crippen LogP contribution in [0.15, 0.2) is 0 Å². The predicted molar refractivity (Wildman–Crippen MR) is 50.8 cm³/mol. The largest absolute Gasteiger partial charge is 0.416 e. The van der Waals surface area contributed by atoms with Crippen LogP contribution in [0.3, 0.4) is 0 Å². The molecule has 0 aliphatic carbocycles. The predicted octanol–water partition coefficient (Wildman–Crippen LogP) is 0.841. The molecule has 0 saturated heterocycles. The summed E-state index contributed by atoms with van der Waals surface area (Å²) in [6, 6.07) is 0. The highest BCUT2D eigenvalue weighted by Gasteiger charge is 2.38. The second kappa shape index (κ2) is 5.49. The number of hydrogen-bond acceptors (Lipinski definition) is 3. The molecule has 96 valence electrons. The van der Waals surface area contributed by atoms with Crippen LogP contribution in [-0.4, -0.2) is 42.0 Å². The molecule has 16 heavy (non-hydrogen) atoms. The number of rotatable bonds is 4. The van der Waals surface area contributed by atoms with E-state index < -0.39 is 30.3 Å². The maximum absolute atomic E-state index is 11.8. The van der Waals surface area contributed by atoms with Gasteiger partial charge in [-0.3, -0.25) is 4.79 Å². The average Bonchev–Trinajstić information content (AvgIpc) is 2.08. The molecule has 0 saturated carbocycles. The summed E-state index contributed by atoms with van der Waals surface area (Å²) >= 11 is 0. The Labute approximate surface area is 91.8 Å². The highest BCUT2D eigenvalue weighted by Crippen LogP contribution is 2.19. The van der Waals surface area contributed by atoms with E-state index in [1.807, 2.05) is 5.32 Å². The first-order valence-corrected chi connectivity index (χ1v) is 4.68. The average molecular weight is 243 g/mol. The fourth-order valence-corrected chi connectivity index (χ4v) is 0.659. The van der Waals surface area contributed by atoms with Crippen LogP contribution >= 0.6 is 0 Å². The Bertz CT molecular complexity index is 235. The fourth-order valence-electron chi connectivity index (χ4n) is 0.659. The molecule has 0 aromatic heterocycles. The maximum Gasteiger partial charge on any atom is 0.416 e. The van der Waals surface area contributed by atoms with Crippen LogP contribution in [0.25, 0.3) is 0 Å². The van der Waals surface area contributed by atoms with Crippen LogP contribution in [0.5, 0.6) is 0 Å². The third-order valence-corrected chi connectivity index (χ3v) is 1.51. The zero-order chi connectivity index (χ0) is 13.0. The van der Waals surface area contributed by atoms with E-state index in [-0.39, 0.29) is 6.61 Å². The van der Waals surface area contributed by atoms with Crippen molar-refractivity contribution in [1.82, 2.24) is 5.32 Å². The summed E-state index contributed by atoms with van der Waals surface area (Å²) in [5.41, 5.74) is -0.542. The molecular formula is C9H16F3NO3. The van der Waals surface area contributed by atoms with Gasteiger partial charge >= 0.3 is 6.18 Å². The molecule has 2 N–H and O–H groups in total. The third-order valence-electron chi connectivity index (χ3n) is 1.51. The third kappa shape index (κ3) is 7.47. The van der Waals surface area contributed by atoms with Gasteiger partial charge in [-0.2, -0.15) is 13.2 Å². The molecule has 0 aromatic rings. The van der Waals surface area contributed by atoms with Gasteiger partial charge in [-0.15, -0.1) is 0 Å². The Hall–Kier alpha value is -0.820. The van der Waals surface area contributed by atoms with Gasteiger partial charge in [-0.25, -0.2) is 0 Å². The molecule has 0 heterocycles. The van der Waals surface area contributed by atoms with E-state index in [2.05, 4.69) is 0 Å². The van der Waals surface area contributed by atoms with Gasteiger partial charge in [0.2, 0.25) is 5.91 Å². The molecule has 1 atom stereocenters. The van der Waals surface area contributed by atoms with Crippen molar-refractivity contribution in [3.05, 3.63) is 0 Å². The van der Waals surface area contributed by atoms with Crippen molar-refractivity contribution >= 4 is 5.91 Å². The van der Waals surface area contributed by atoms with Crippen molar-refractivity contribution in [1.29, 1.82) is 0 Å². The van der Waals surface area contributed by atoms with Crippen LogP contribution in [-0.2, 0) is 9.53 Å². The molecule has 4 nitrogen and oxygen atoms in total.